The van der Waals surface area contributed by atoms with Crippen molar-refractivity contribution >= 4 is 11.9 Å². The Morgan fingerprint density at radius 2 is 1.21 bits per heavy atom. The molecule has 0 amide bonds. The van der Waals surface area contributed by atoms with Crippen molar-refractivity contribution in [1.29, 1.82) is 0 Å². The van der Waals surface area contributed by atoms with E-state index in [0.29, 0.717) is 11.8 Å². The van der Waals surface area contributed by atoms with Gasteiger partial charge in [0.2, 0.25) is 0 Å². The number of allylic oxidation sites excluding steroid dienone is 4. The third-order valence-electron chi connectivity index (χ3n) is 2.42. The molecule has 0 atom stereocenters. The fourth-order valence-electron chi connectivity index (χ4n) is 1.71. The van der Waals surface area contributed by atoms with Crippen LogP contribution in [0.25, 0.3) is 0 Å². The van der Waals surface area contributed by atoms with E-state index in [9.17, 15) is 0 Å². The van der Waals surface area contributed by atoms with Crippen LogP contribution in [0.2, 0.25) is 0 Å². The first-order valence-electron chi connectivity index (χ1n) is 4.39. The first-order chi connectivity index (χ1) is 6.42. The molecule has 1 nitrogen and oxygen atoms in total. The van der Waals surface area contributed by atoms with Crippen LogP contribution in [0.15, 0.2) is 48.6 Å². The number of hydrogen-bond donors (Lipinski definition) is 0. The predicted molar refractivity (Wildman–Crippen MR) is 54.3 cm³/mol. The van der Waals surface area contributed by atoms with Gasteiger partial charge in [-0.05, 0) is 0 Å². The van der Waals surface area contributed by atoms with Gasteiger partial charge in [0.05, 0.1) is 18.0 Å². The Balaban J connectivity index is 0.000000980. The second kappa shape index (κ2) is 5.85. The van der Waals surface area contributed by atoms with Gasteiger partial charge in [-0.2, -0.15) is 0 Å². The Morgan fingerprint density at radius 1 is 0.857 bits per heavy atom. The van der Waals surface area contributed by atoms with E-state index in [1.807, 2.05) is 24.3 Å². The van der Waals surface area contributed by atoms with E-state index >= 15 is 0 Å². The van der Waals surface area contributed by atoms with Crippen molar-refractivity contribution in [3.05, 3.63) is 48.6 Å². The van der Waals surface area contributed by atoms with Gasteiger partial charge >= 0.3 is 0 Å². The van der Waals surface area contributed by atoms with Gasteiger partial charge < -0.3 is 0 Å². The van der Waals surface area contributed by atoms with Crippen LogP contribution in [0.5, 0.6) is 0 Å². The van der Waals surface area contributed by atoms with Crippen molar-refractivity contribution in [1.82, 2.24) is 0 Å². The van der Waals surface area contributed by atoms with E-state index in [1.54, 1.807) is 0 Å². The van der Waals surface area contributed by atoms with Crippen LogP contribution in [-0.2, 0) is 30.5 Å². The third kappa shape index (κ3) is 2.56. The molecule has 0 radical (unpaired) electrons. The van der Waals surface area contributed by atoms with Crippen molar-refractivity contribution < 1.29 is 30.5 Å². The van der Waals surface area contributed by atoms with Gasteiger partial charge in [0.25, 0.3) is 0 Å². The van der Waals surface area contributed by atoms with Crippen LogP contribution in [0.3, 0.4) is 0 Å². The smallest absolute Gasteiger partial charge is 0.0984 e. The average molecular weight is 286 g/mol. The van der Waals surface area contributed by atoms with Gasteiger partial charge in [-0.3, -0.25) is 4.29 Å². The molecule has 0 spiro atoms. The zero-order chi connectivity index (χ0) is 9.10. The van der Waals surface area contributed by atoms with Gasteiger partial charge in [0, 0.05) is 38.0 Å². The maximum atomic E-state index is 5.49. The third-order valence-corrected chi connectivity index (χ3v) is 2.62. The summed E-state index contributed by atoms with van der Waals surface area (Å²) in [6.07, 6.45) is 16.5. The largest absolute Gasteiger partial charge is 0.274 e. The minimum absolute atomic E-state index is 0. The standard InChI is InChI=1S/C11H11ClO.Zr/c12-13-11(9-5-1-2-6-9)10-7-3-4-8-10;/h1-11H;. The van der Waals surface area contributed by atoms with Crippen LogP contribution in [0.1, 0.15) is 0 Å². The zero-order valence-electron chi connectivity index (χ0n) is 7.64. The fourth-order valence-corrected chi connectivity index (χ4v) is 1.95. The van der Waals surface area contributed by atoms with Gasteiger partial charge in [-0.1, -0.05) is 48.6 Å². The molecule has 0 N–H and O–H groups in total. The molecular weight excluding hydrogens is 275 g/mol. The summed E-state index contributed by atoms with van der Waals surface area (Å²) in [7, 11) is 0. The summed E-state index contributed by atoms with van der Waals surface area (Å²) < 4.78 is 4.99. The molecule has 0 saturated heterocycles. The molecule has 0 aromatic carbocycles. The molecule has 2 aliphatic rings. The molecule has 14 heavy (non-hydrogen) atoms. The molecule has 2 rings (SSSR count). The van der Waals surface area contributed by atoms with E-state index in [1.165, 1.54) is 0 Å². The molecule has 0 heterocycles. The Hall–Kier alpha value is 0.0931. The average Bonchev–Trinajstić information content (AvgIpc) is 2.76. The van der Waals surface area contributed by atoms with Gasteiger partial charge in [-0.25, -0.2) is 0 Å². The van der Waals surface area contributed by atoms with Crippen molar-refractivity contribution in [2.75, 3.05) is 0 Å². The minimum Gasteiger partial charge on any atom is -0.274 e. The summed E-state index contributed by atoms with van der Waals surface area (Å²) in [4.78, 5) is 0. The topological polar surface area (TPSA) is 9.23 Å². The SMILES string of the molecule is ClOC(C1C=CC=C1)C1C=CC=C1.[Zr]. The molecule has 0 aliphatic heterocycles. The van der Waals surface area contributed by atoms with E-state index in [4.69, 9.17) is 16.2 Å². The maximum absolute atomic E-state index is 5.49. The predicted octanol–water partition coefficient (Wildman–Crippen LogP) is 3.01. The minimum atomic E-state index is 0. The van der Waals surface area contributed by atoms with Crippen molar-refractivity contribution in [3.8, 4) is 0 Å². The number of halogens is 1. The van der Waals surface area contributed by atoms with Crippen molar-refractivity contribution in [3.63, 3.8) is 0 Å². The molecule has 2 aliphatic carbocycles. The molecule has 0 bridgehead atoms. The molecule has 72 valence electrons. The quantitative estimate of drug-likeness (QED) is 0.775. The molecule has 0 unspecified atom stereocenters. The second-order valence-corrected chi connectivity index (χ2v) is 3.43. The monoisotopic (exact) mass is 284 g/mol. The molecule has 3 heteroatoms. The van der Waals surface area contributed by atoms with Crippen molar-refractivity contribution in [2.45, 2.75) is 6.10 Å². The van der Waals surface area contributed by atoms with E-state index in [2.05, 4.69) is 24.3 Å². The molecular formula is C11H11ClOZr. The molecule has 0 fully saturated rings. The Labute approximate surface area is 108 Å². The van der Waals surface area contributed by atoms with Gasteiger partial charge in [0.15, 0.2) is 0 Å². The van der Waals surface area contributed by atoms with Crippen LogP contribution in [-0.4, -0.2) is 6.10 Å². The first kappa shape index (κ1) is 12.2. The Morgan fingerprint density at radius 3 is 1.50 bits per heavy atom. The maximum Gasteiger partial charge on any atom is 0.0984 e. The number of hydrogen-bond acceptors (Lipinski definition) is 1. The van der Waals surface area contributed by atoms with Crippen LogP contribution in [0.4, 0.5) is 0 Å². The normalized spacial score (nSPS) is 19.9. The second-order valence-electron chi connectivity index (χ2n) is 3.25. The van der Waals surface area contributed by atoms with Crippen molar-refractivity contribution in [2.24, 2.45) is 11.8 Å². The Kier molecular flexibility index (Phi) is 5.08. The van der Waals surface area contributed by atoms with E-state index in [-0.39, 0.29) is 32.3 Å². The molecule has 0 aromatic heterocycles. The number of rotatable bonds is 3. The van der Waals surface area contributed by atoms with Gasteiger partial charge in [-0.15, -0.1) is 0 Å². The molecule has 0 saturated carbocycles. The van der Waals surface area contributed by atoms with Crippen LogP contribution < -0.4 is 0 Å². The summed E-state index contributed by atoms with van der Waals surface area (Å²) in [5, 5.41) is 0. The first-order valence-corrected chi connectivity index (χ1v) is 4.70. The van der Waals surface area contributed by atoms with Crippen LogP contribution >= 0.6 is 11.9 Å². The summed E-state index contributed by atoms with van der Waals surface area (Å²) in [5.41, 5.74) is 0. The summed E-state index contributed by atoms with van der Waals surface area (Å²) in [6.45, 7) is 0. The zero-order valence-corrected chi connectivity index (χ0v) is 10.9. The van der Waals surface area contributed by atoms with E-state index in [0.717, 1.165) is 0 Å². The van der Waals surface area contributed by atoms with E-state index < -0.39 is 0 Å². The summed E-state index contributed by atoms with van der Waals surface area (Å²) in [5.74, 6) is 0.602. The van der Waals surface area contributed by atoms with Gasteiger partial charge in [0.1, 0.15) is 0 Å². The fraction of sp³-hybridized carbons (Fsp3) is 0.273. The molecule has 0 aromatic rings. The summed E-state index contributed by atoms with van der Waals surface area (Å²) >= 11 is 5.49. The Bertz CT molecular complexity index is 242. The van der Waals surface area contributed by atoms with Crippen LogP contribution in [0, 0.1) is 11.8 Å². The summed E-state index contributed by atoms with van der Waals surface area (Å²) in [6, 6.07) is 0.